The molecule has 0 aliphatic heterocycles. The fourth-order valence-electron chi connectivity index (χ4n) is 3.80. The first-order valence-corrected chi connectivity index (χ1v) is 11.2. The lowest BCUT2D eigenvalue weighted by Gasteiger charge is -2.05. The van der Waals surface area contributed by atoms with Gasteiger partial charge in [-0.3, -0.25) is 0 Å². The van der Waals surface area contributed by atoms with Crippen molar-refractivity contribution in [3.63, 3.8) is 0 Å². The molecule has 8 nitrogen and oxygen atoms in total. The number of phenols is 4. The Morgan fingerprint density at radius 1 is 0.605 bits per heavy atom. The molecule has 0 aliphatic carbocycles. The SMILES string of the molecule is Oc1ccc(-n2ncc3c(O)c(Cl)ccc32)cc1F.Oc1ccc(-n2ncc3c(O)ccc(F)c32)cc1F. The van der Waals surface area contributed by atoms with Crippen molar-refractivity contribution in [2.75, 3.05) is 0 Å². The third-order valence-corrected chi connectivity index (χ3v) is 5.99. The van der Waals surface area contributed by atoms with E-state index in [1.807, 2.05) is 0 Å². The summed E-state index contributed by atoms with van der Waals surface area (Å²) < 4.78 is 43.1. The van der Waals surface area contributed by atoms with E-state index < -0.39 is 29.0 Å². The van der Waals surface area contributed by atoms with Crippen molar-refractivity contribution < 1.29 is 33.6 Å². The summed E-state index contributed by atoms with van der Waals surface area (Å²) in [6, 6.07) is 13.0. The maximum Gasteiger partial charge on any atom is 0.166 e. The summed E-state index contributed by atoms with van der Waals surface area (Å²) in [4.78, 5) is 0. The highest BCUT2D eigenvalue weighted by atomic mass is 35.5. The summed E-state index contributed by atoms with van der Waals surface area (Å²) in [6.45, 7) is 0. The van der Waals surface area contributed by atoms with Gasteiger partial charge in [-0.05, 0) is 48.5 Å². The Morgan fingerprint density at radius 3 is 1.79 bits per heavy atom. The number of hydrogen-bond acceptors (Lipinski definition) is 6. The highest BCUT2D eigenvalue weighted by Crippen LogP contribution is 2.33. The van der Waals surface area contributed by atoms with Gasteiger partial charge in [0.15, 0.2) is 23.1 Å². The molecule has 0 spiro atoms. The Morgan fingerprint density at radius 2 is 1.16 bits per heavy atom. The van der Waals surface area contributed by atoms with Crippen molar-refractivity contribution in [3.05, 3.63) is 95.5 Å². The van der Waals surface area contributed by atoms with Crippen molar-refractivity contribution in [2.45, 2.75) is 0 Å². The van der Waals surface area contributed by atoms with E-state index in [0.717, 1.165) is 28.9 Å². The van der Waals surface area contributed by atoms with Crippen molar-refractivity contribution in [1.82, 2.24) is 19.6 Å². The molecule has 4 aromatic carbocycles. The van der Waals surface area contributed by atoms with Crippen LogP contribution in [0.4, 0.5) is 13.2 Å². The largest absolute Gasteiger partial charge is 0.507 e. The molecule has 0 saturated carbocycles. The zero-order chi connectivity index (χ0) is 27.1. The summed E-state index contributed by atoms with van der Waals surface area (Å²) in [5.41, 5.74) is 1.32. The number of phenolic OH excluding ortho intramolecular Hbond substituents is 4. The summed E-state index contributed by atoms with van der Waals surface area (Å²) in [6.07, 6.45) is 2.74. The van der Waals surface area contributed by atoms with Crippen LogP contribution in [-0.4, -0.2) is 40.0 Å². The standard InChI is InChI=1S/C13H8ClFN2O2.C13H8F2N2O2/c14-9-2-3-11-8(13(9)19)6-16-17(11)7-1-4-12(18)10(15)5-7;14-9-2-4-11(18)8-6-16-17(13(8)9)7-1-3-12(19)10(15)5-7/h2*1-6,18-19H. The van der Waals surface area contributed by atoms with Gasteiger partial charge in [-0.15, -0.1) is 0 Å². The molecule has 6 aromatic rings. The first-order valence-electron chi connectivity index (χ1n) is 10.8. The zero-order valence-electron chi connectivity index (χ0n) is 19.0. The molecule has 0 unspecified atom stereocenters. The number of halogens is 4. The molecule has 2 aromatic heterocycles. The van der Waals surface area contributed by atoms with Gasteiger partial charge in [0.05, 0.1) is 45.1 Å². The molecule has 2 heterocycles. The normalized spacial score (nSPS) is 11.1. The minimum absolute atomic E-state index is 0.0464. The van der Waals surface area contributed by atoms with Crippen LogP contribution in [0.1, 0.15) is 0 Å². The third kappa shape index (κ3) is 4.28. The Balaban J connectivity index is 0.000000155. The average Bonchev–Trinajstić information content (AvgIpc) is 3.54. The Bertz CT molecular complexity index is 1840. The number of fused-ring (bicyclic) bond motifs is 2. The molecule has 0 fully saturated rings. The molecule has 12 heteroatoms. The lowest BCUT2D eigenvalue weighted by molar-refractivity contribution is 0.432. The van der Waals surface area contributed by atoms with Crippen LogP contribution in [0.2, 0.25) is 5.02 Å². The maximum atomic E-state index is 13.8. The zero-order valence-corrected chi connectivity index (χ0v) is 19.8. The van der Waals surface area contributed by atoms with Gasteiger partial charge in [0, 0.05) is 12.1 Å². The Labute approximate surface area is 216 Å². The second kappa shape index (κ2) is 9.52. The third-order valence-electron chi connectivity index (χ3n) is 5.69. The van der Waals surface area contributed by atoms with Gasteiger partial charge in [0.2, 0.25) is 0 Å². The number of aromatic nitrogens is 4. The minimum Gasteiger partial charge on any atom is -0.507 e. The van der Waals surface area contributed by atoms with E-state index in [-0.39, 0.29) is 33.1 Å². The quantitative estimate of drug-likeness (QED) is 0.216. The van der Waals surface area contributed by atoms with Crippen molar-refractivity contribution in [3.8, 4) is 34.4 Å². The molecule has 0 radical (unpaired) electrons. The Hall–Kier alpha value is -4.90. The summed E-state index contributed by atoms with van der Waals surface area (Å²) in [5, 5.41) is 46.7. The van der Waals surface area contributed by atoms with E-state index in [9.17, 15) is 28.5 Å². The van der Waals surface area contributed by atoms with Gasteiger partial charge in [-0.1, -0.05) is 11.6 Å². The van der Waals surface area contributed by atoms with Gasteiger partial charge in [-0.25, -0.2) is 22.5 Å². The maximum absolute atomic E-state index is 13.8. The number of nitrogens with zero attached hydrogens (tertiary/aromatic N) is 4. The van der Waals surface area contributed by atoms with Crippen LogP contribution >= 0.6 is 11.6 Å². The molecule has 0 saturated heterocycles. The molecule has 0 atom stereocenters. The van der Waals surface area contributed by atoms with Crippen LogP contribution in [0.25, 0.3) is 33.2 Å². The van der Waals surface area contributed by atoms with E-state index in [4.69, 9.17) is 16.7 Å². The number of benzene rings is 4. The molecule has 0 aliphatic rings. The fraction of sp³-hybridized carbons (Fsp3) is 0. The van der Waals surface area contributed by atoms with Crippen LogP contribution < -0.4 is 0 Å². The second-order valence-electron chi connectivity index (χ2n) is 8.04. The van der Waals surface area contributed by atoms with Crippen molar-refractivity contribution >= 4 is 33.4 Å². The van der Waals surface area contributed by atoms with Crippen molar-refractivity contribution in [2.24, 2.45) is 0 Å². The minimum atomic E-state index is -0.832. The summed E-state index contributed by atoms with van der Waals surface area (Å²) >= 11 is 5.81. The van der Waals surface area contributed by atoms with Crippen LogP contribution in [-0.2, 0) is 0 Å². The van der Waals surface area contributed by atoms with Crippen LogP contribution in [0.15, 0.2) is 73.1 Å². The van der Waals surface area contributed by atoms with E-state index in [1.165, 1.54) is 47.4 Å². The first kappa shape index (κ1) is 24.8. The second-order valence-corrected chi connectivity index (χ2v) is 8.45. The predicted octanol–water partition coefficient (Wildman–Crippen LogP) is 5.94. The van der Waals surface area contributed by atoms with Crippen LogP contribution in [0.5, 0.6) is 23.0 Å². The van der Waals surface area contributed by atoms with E-state index in [1.54, 1.807) is 6.07 Å². The molecular weight excluding hydrogens is 525 g/mol. The fourth-order valence-corrected chi connectivity index (χ4v) is 3.97. The van der Waals surface area contributed by atoms with Gasteiger partial charge in [0.25, 0.3) is 0 Å². The molecular formula is C26H16ClF3N4O4. The summed E-state index contributed by atoms with van der Waals surface area (Å²) in [5.74, 6) is -3.25. The molecule has 4 N–H and O–H groups in total. The number of rotatable bonds is 2. The number of aromatic hydroxyl groups is 4. The molecule has 6 rings (SSSR count). The average molecular weight is 541 g/mol. The number of hydrogen-bond donors (Lipinski definition) is 4. The van der Waals surface area contributed by atoms with E-state index >= 15 is 0 Å². The summed E-state index contributed by atoms with van der Waals surface area (Å²) in [7, 11) is 0. The Kier molecular flexibility index (Phi) is 6.21. The van der Waals surface area contributed by atoms with Crippen LogP contribution in [0.3, 0.4) is 0 Å². The van der Waals surface area contributed by atoms with E-state index in [2.05, 4.69) is 10.2 Å². The van der Waals surface area contributed by atoms with Crippen molar-refractivity contribution in [1.29, 1.82) is 0 Å². The lowest BCUT2D eigenvalue weighted by atomic mass is 10.2. The van der Waals surface area contributed by atoms with E-state index in [0.29, 0.717) is 16.6 Å². The molecule has 0 amide bonds. The highest BCUT2D eigenvalue weighted by molar-refractivity contribution is 6.33. The van der Waals surface area contributed by atoms with Crippen LogP contribution in [0, 0.1) is 17.5 Å². The monoisotopic (exact) mass is 540 g/mol. The molecule has 38 heavy (non-hydrogen) atoms. The topological polar surface area (TPSA) is 117 Å². The van der Waals surface area contributed by atoms with Gasteiger partial charge in [-0.2, -0.15) is 10.2 Å². The molecule has 192 valence electrons. The predicted molar refractivity (Wildman–Crippen MR) is 134 cm³/mol. The highest BCUT2D eigenvalue weighted by Gasteiger charge is 2.15. The first-order chi connectivity index (χ1) is 18.2. The smallest absolute Gasteiger partial charge is 0.166 e. The van der Waals surface area contributed by atoms with Gasteiger partial charge in [0.1, 0.15) is 22.8 Å². The lowest BCUT2D eigenvalue weighted by Crippen LogP contribution is -1.98. The van der Waals surface area contributed by atoms with Gasteiger partial charge < -0.3 is 20.4 Å². The molecule has 0 bridgehead atoms. The van der Waals surface area contributed by atoms with Gasteiger partial charge >= 0.3 is 0 Å².